The van der Waals surface area contributed by atoms with Crippen LogP contribution in [0.3, 0.4) is 0 Å². The van der Waals surface area contributed by atoms with Gasteiger partial charge in [-0.05, 0) is 75.1 Å². The molecular weight excluding hydrogens is 761 g/mol. The second kappa shape index (κ2) is 13.3. The minimum absolute atomic E-state index is 0.661. The predicted octanol–water partition coefficient (Wildman–Crippen LogP) is 15.2. The largest absolute Gasteiger partial charge is 0.309 e. The van der Waals surface area contributed by atoms with Gasteiger partial charge in [-0.1, -0.05) is 164 Å². The fourth-order valence-electron chi connectivity index (χ4n) is 9.66. The molecule has 0 atom stereocenters. The van der Waals surface area contributed by atoms with E-state index in [0.29, 0.717) is 5.95 Å². The first-order valence-corrected chi connectivity index (χ1v) is 21.5. The molecule has 61 heavy (non-hydrogen) atoms. The van der Waals surface area contributed by atoms with Crippen molar-refractivity contribution in [1.82, 2.24) is 19.1 Å². The van der Waals surface area contributed by atoms with E-state index in [4.69, 9.17) is 9.97 Å². The van der Waals surface area contributed by atoms with Crippen LogP contribution in [0.5, 0.6) is 0 Å². The minimum atomic E-state index is 0.661. The van der Waals surface area contributed by atoms with Crippen LogP contribution in [0.4, 0.5) is 0 Å². The van der Waals surface area contributed by atoms with E-state index >= 15 is 0 Å². The van der Waals surface area contributed by atoms with Crippen molar-refractivity contribution in [3.8, 4) is 44.5 Å². The van der Waals surface area contributed by atoms with E-state index in [1.807, 2.05) is 0 Å². The summed E-state index contributed by atoms with van der Waals surface area (Å²) < 4.78 is 4.73. The highest BCUT2D eigenvalue weighted by Gasteiger charge is 2.23. The third-order valence-corrected chi connectivity index (χ3v) is 13.4. The van der Waals surface area contributed by atoms with Crippen LogP contribution in [0.1, 0.15) is 0 Å². The van der Waals surface area contributed by atoms with Crippen molar-refractivity contribution in [2.75, 3.05) is 0 Å². The second-order valence-corrected chi connectivity index (χ2v) is 16.8. The molecule has 0 saturated carbocycles. The lowest BCUT2D eigenvalue weighted by Crippen LogP contribution is -2.02. The van der Waals surface area contributed by atoms with Gasteiger partial charge in [0.2, 0.25) is 5.95 Å². The number of fused-ring (bicyclic) bond motifs is 11. The van der Waals surface area contributed by atoms with Gasteiger partial charge in [-0.3, -0.25) is 4.57 Å². The van der Waals surface area contributed by atoms with Gasteiger partial charge in [0.05, 0.1) is 27.8 Å². The zero-order valence-corrected chi connectivity index (χ0v) is 33.6. The predicted molar refractivity (Wildman–Crippen MR) is 257 cm³/mol. The van der Waals surface area contributed by atoms with E-state index in [1.54, 1.807) is 11.3 Å². The van der Waals surface area contributed by atoms with E-state index in [-0.39, 0.29) is 0 Å². The molecule has 0 bridgehead atoms. The smallest absolute Gasteiger partial charge is 0.236 e. The summed E-state index contributed by atoms with van der Waals surface area (Å²) in [4.78, 5) is 13.0. The van der Waals surface area contributed by atoms with E-state index in [0.717, 1.165) is 49.1 Å². The Bertz CT molecular complexity index is 3860. The first-order valence-electron chi connectivity index (χ1n) is 20.7. The zero-order chi connectivity index (χ0) is 40.0. The van der Waals surface area contributed by atoms with Gasteiger partial charge in [-0.15, -0.1) is 11.3 Å². The van der Waals surface area contributed by atoms with Gasteiger partial charge in [-0.2, -0.15) is 0 Å². The number of aromatic nitrogens is 4. The summed E-state index contributed by atoms with van der Waals surface area (Å²) in [5, 5.41) is 10.8. The van der Waals surface area contributed by atoms with Gasteiger partial charge in [-0.25, -0.2) is 9.97 Å². The maximum Gasteiger partial charge on any atom is 0.236 e. The Hall–Kier alpha value is -7.86. The van der Waals surface area contributed by atoms with Crippen molar-refractivity contribution in [3.05, 3.63) is 206 Å². The molecule has 9 aromatic carbocycles. The molecular formula is C56H34N4S. The molecule has 0 aliphatic carbocycles. The second-order valence-electron chi connectivity index (χ2n) is 15.7. The van der Waals surface area contributed by atoms with Crippen LogP contribution >= 0.6 is 11.3 Å². The Kier molecular flexibility index (Phi) is 7.44. The maximum atomic E-state index is 5.47. The van der Waals surface area contributed by atoms with Crippen LogP contribution in [0, 0.1) is 0 Å². The summed E-state index contributed by atoms with van der Waals surface area (Å²) in [5.41, 5.74) is 11.2. The summed E-state index contributed by atoms with van der Waals surface area (Å²) in [6.45, 7) is 0. The SMILES string of the molecule is c1ccc(-c2cc3c(-c4ccccc4)nc(-n4c5ccc(-c6cccc7c8c9ccccc9ccc8n(-c8ccccc8)c67)cc5c5c6ccccc6ccc54)nc3s2)cc1. The average Bonchev–Trinajstić information content (AvgIpc) is 4.02. The van der Waals surface area contributed by atoms with Crippen LogP contribution < -0.4 is 0 Å². The van der Waals surface area contributed by atoms with E-state index in [2.05, 4.69) is 215 Å². The van der Waals surface area contributed by atoms with Crippen molar-refractivity contribution < 1.29 is 0 Å². The van der Waals surface area contributed by atoms with Crippen LogP contribution in [0.2, 0.25) is 0 Å². The molecule has 0 aliphatic heterocycles. The topological polar surface area (TPSA) is 35.6 Å². The number of para-hydroxylation sites is 2. The Labute approximate surface area is 354 Å². The fourth-order valence-corrected chi connectivity index (χ4v) is 10.7. The summed E-state index contributed by atoms with van der Waals surface area (Å²) in [6, 6.07) is 74.4. The van der Waals surface area contributed by atoms with Gasteiger partial charge in [0, 0.05) is 48.6 Å². The number of thiophene rings is 1. The summed E-state index contributed by atoms with van der Waals surface area (Å²) in [6.07, 6.45) is 0. The molecule has 0 amide bonds. The lowest BCUT2D eigenvalue weighted by Gasteiger charge is -2.12. The highest BCUT2D eigenvalue weighted by Crippen LogP contribution is 2.44. The third kappa shape index (κ3) is 5.18. The Morgan fingerprint density at radius 1 is 0.377 bits per heavy atom. The molecule has 0 unspecified atom stereocenters. The molecule has 284 valence electrons. The molecule has 0 fully saturated rings. The van der Waals surface area contributed by atoms with E-state index in [9.17, 15) is 0 Å². The van der Waals surface area contributed by atoms with Gasteiger partial charge in [0.25, 0.3) is 0 Å². The molecule has 4 nitrogen and oxygen atoms in total. The quantitative estimate of drug-likeness (QED) is 0.174. The van der Waals surface area contributed by atoms with Crippen molar-refractivity contribution in [2.24, 2.45) is 0 Å². The maximum absolute atomic E-state index is 5.47. The van der Waals surface area contributed by atoms with Gasteiger partial charge in [0.1, 0.15) is 4.83 Å². The molecule has 0 radical (unpaired) electrons. The first-order chi connectivity index (χ1) is 30.3. The molecule has 4 aromatic heterocycles. The monoisotopic (exact) mass is 794 g/mol. The van der Waals surface area contributed by atoms with Crippen LogP contribution in [0.15, 0.2) is 206 Å². The Balaban J connectivity index is 1.11. The van der Waals surface area contributed by atoms with E-state index in [1.165, 1.54) is 64.7 Å². The number of hydrogen-bond donors (Lipinski definition) is 0. The summed E-state index contributed by atoms with van der Waals surface area (Å²) in [7, 11) is 0. The van der Waals surface area contributed by atoms with Crippen molar-refractivity contribution in [3.63, 3.8) is 0 Å². The van der Waals surface area contributed by atoms with Crippen molar-refractivity contribution >= 4 is 86.7 Å². The molecule has 4 heterocycles. The number of nitrogens with zero attached hydrogens (tertiary/aromatic N) is 4. The molecule has 0 N–H and O–H groups in total. The number of benzene rings is 9. The van der Waals surface area contributed by atoms with E-state index < -0.39 is 0 Å². The van der Waals surface area contributed by atoms with Gasteiger partial charge >= 0.3 is 0 Å². The fraction of sp³-hybridized carbons (Fsp3) is 0. The molecule has 0 saturated heterocycles. The van der Waals surface area contributed by atoms with Crippen molar-refractivity contribution in [2.45, 2.75) is 0 Å². The Morgan fingerprint density at radius 3 is 1.69 bits per heavy atom. The zero-order valence-electron chi connectivity index (χ0n) is 32.8. The Morgan fingerprint density at radius 2 is 0.967 bits per heavy atom. The van der Waals surface area contributed by atoms with Crippen LogP contribution in [-0.4, -0.2) is 19.1 Å². The number of hydrogen-bond acceptors (Lipinski definition) is 3. The lowest BCUT2D eigenvalue weighted by molar-refractivity contribution is 1.02. The highest BCUT2D eigenvalue weighted by molar-refractivity contribution is 7.21. The van der Waals surface area contributed by atoms with Crippen molar-refractivity contribution in [1.29, 1.82) is 0 Å². The van der Waals surface area contributed by atoms with Gasteiger partial charge < -0.3 is 4.57 Å². The summed E-state index contributed by atoms with van der Waals surface area (Å²) >= 11 is 1.72. The summed E-state index contributed by atoms with van der Waals surface area (Å²) in [5.74, 6) is 0.661. The lowest BCUT2D eigenvalue weighted by atomic mass is 9.97. The molecule has 0 spiro atoms. The molecule has 13 aromatic rings. The minimum Gasteiger partial charge on any atom is -0.309 e. The molecule has 0 aliphatic rings. The average molecular weight is 795 g/mol. The van der Waals surface area contributed by atoms with Crippen LogP contribution in [-0.2, 0) is 0 Å². The first kappa shape index (κ1) is 34.0. The standard InChI is InChI=1S/C56H34N4S/c1-4-17-37(18-5-1)50-34-46-53(38-19-6-2-7-20-38)57-56(58-55(46)61-50)60-47-30-29-39(33-45(47)52-42-24-13-11-16-36(42)28-32-49(52)60)43-25-14-26-44-51-41-23-12-10-15-35(41)27-31-48(51)59(54(43)44)40-21-8-3-9-22-40/h1-34H. The highest BCUT2D eigenvalue weighted by atomic mass is 32.1. The third-order valence-electron chi connectivity index (χ3n) is 12.3. The molecule has 5 heteroatoms. The van der Waals surface area contributed by atoms with Gasteiger partial charge in [0.15, 0.2) is 0 Å². The normalized spacial score (nSPS) is 11.9. The number of rotatable bonds is 5. The van der Waals surface area contributed by atoms with Crippen LogP contribution in [0.25, 0.3) is 120 Å². The molecule has 13 rings (SSSR count).